The highest BCUT2D eigenvalue weighted by atomic mass is 35.5. The standard InChI is InChI=1S/C18H18ClN9O2/c1-2-3-4-15-20-18(19)27(23-15)11-12-5-7-13(8-6-12)26-10-9-14(28(29)30)16(26)17-21-24-25-22-17/h5-10H,2-4,11H2,1H3,(H,21,22,24,25). The summed E-state index contributed by atoms with van der Waals surface area (Å²) in [5.74, 6) is 0.882. The number of nitro groups is 1. The van der Waals surface area contributed by atoms with Gasteiger partial charge in [0.2, 0.25) is 11.1 Å². The van der Waals surface area contributed by atoms with Crippen LogP contribution in [0.1, 0.15) is 31.2 Å². The monoisotopic (exact) mass is 427 g/mol. The summed E-state index contributed by atoms with van der Waals surface area (Å²) < 4.78 is 3.31. The summed E-state index contributed by atoms with van der Waals surface area (Å²) in [4.78, 5) is 15.2. The van der Waals surface area contributed by atoms with Crippen LogP contribution in [0, 0.1) is 10.1 Å². The maximum absolute atomic E-state index is 11.4. The van der Waals surface area contributed by atoms with Crippen LogP contribution in [0.3, 0.4) is 0 Å². The van der Waals surface area contributed by atoms with Crippen LogP contribution in [0.15, 0.2) is 36.5 Å². The first kappa shape index (κ1) is 19.7. The van der Waals surface area contributed by atoms with E-state index in [0.717, 1.165) is 36.3 Å². The second kappa shape index (κ2) is 8.41. The number of hydrogen-bond donors (Lipinski definition) is 1. The molecule has 0 radical (unpaired) electrons. The van der Waals surface area contributed by atoms with Crippen molar-refractivity contribution in [2.24, 2.45) is 0 Å². The Morgan fingerprint density at radius 2 is 2.03 bits per heavy atom. The van der Waals surface area contributed by atoms with Crippen LogP contribution in [0.4, 0.5) is 5.69 Å². The quantitative estimate of drug-likeness (QED) is 0.337. The second-order valence-electron chi connectivity index (χ2n) is 6.64. The van der Waals surface area contributed by atoms with Gasteiger partial charge in [0.15, 0.2) is 11.5 Å². The van der Waals surface area contributed by atoms with Crippen molar-refractivity contribution in [2.75, 3.05) is 0 Å². The van der Waals surface area contributed by atoms with Crippen molar-refractivity contribution in [1.82, 2.24) is 40.0 Å². The molecule has 3 aromatic heterocycles. The highest BCUT2D eigenvalue weighted by Gasteiger charge is 2.24. The third-order valence-electron chi connectivity index (χ3n) is 4.59. The Morgan fingerprint density at radius 1 is 1.23 bits per heavy atom. The molecule has 11 nitrogen and oxygen atoms in total. The molecular weight excluding hydrogens is 410 g/mol. The first-order valence-electron chi connectivity index (χ1n) is 9.35. The number of benzene rings is 1. The van der Waals surface area contributed by atoms with Gasteiger partial charge >= 0.3 is 0 Å². The van der Waals surface area contributed by atoms with E-state index in [1.807, 2.05) is 24.3 Å². The fourth-order valence-corrected chi connectivity index (χ4v) is 3.31. The van der Waals surface area contributed by atoms with E-state index in [1.165, 1.54) is 6.07 Å². The average Bonchev–Trinajstić information content (AvgIpc) is 3.47. The molecule has 3 heterocycles. The number of tetrazole rings is 1. The van der Waals surface area contributed by atoms with Gasteiger partial charge in [-0.2, -0.15) is 10.3 Å². The van der Waals surface area contributed by atoms with Crippen molar-refractivity contribution in [3.05, 3.63) is 63.3 Å². The Bertz CT molecular complexity index is 1150. The molecule has 0 fully saturated rings. The molecule has 0 aliphatic carbocycles. The van der Waals surface area contributed by atoms with E-state index in [0.29, 0.717) is 11.8 Å². The number of unbranched alkanes of at least 4 members (excludes halogenated alkanes) is 1. The van der Waals surface area contributed by atoms with E-state index < -0.39 is 4.92 Å². The Kier molecular flexibility index (Phi) is 5.53. The third-order valence-corrected chi connectivity index (χ3v) is 4.87. The lowest BCUT2D eigenvalue weighted by molar-refractivity contribution is -0.384. The van der Waals surface area contributed by atoms with Gasteiger partial charge in [-0.05, 0) is 40.9 Å². The zero-order chi connectivity index (χ0) is 21.1. The molecule has 0 atom stereocenters. The number of H-pyrrole nitrogens is 1. The third kappa shape index (κ3) is 3.92. The van der Waals surface area contributed by atoms with Gasteiger partial charge in [0, 0.05) is 24.4 Å². The van der Waals surface area contributed by atoms with E-state index in [4.69, 9.17) is 11.6 Å². The summed E-state index contributed by atoms with van der Waals surface area (Å²) in [6, 6.07) is 8.93. The van der Waals surface area contributed by atoms with Crippen molar-refractivity contribution in [1.29, 1.82) is 0 Å². The van der Waals surface area contributed by atoms with Gasteiger partial charge in [0.25, 0.3) is 5.69 Å². The van der Waals surface area contributed by atoms with Crippen molar-refractivity contribution in [3.8, 4) is 17.2 Å². The number of aromatic nitrogens is 8. The van der Waals surface area contributed by atoms with Crippen molar-refractivity contribution in [3.63, 3.8) is 0 Å². The molecule has 0 bridgehead atoms. The Labute approximate surface area is 175 Å². The van der Waals surface area contributed by atoms with Crippen LogP contribution in [0.2, 0.25) is 5.28 Å². The zero-order valence-electron chi connectivity index (χ0n) is 16.1. The normalized spacial score (nSPS) is 11.1. The molecule has 30 heavy (non-hydrogen) atoms. The summed E-state index contributed by atoms with van der Waals surface area (Å²) in [5.41, 5.74) is 1.84. The highest BCUT2D eigenvalue weighted by molar-refractivity contribution is 6.28. The van der Waals surface area contributed by atoms with Gasteiger partial charge in [-0.3, -0.25) is 10.1 Å². The van der Waals surface area contributed by atoms with E-state index >= 15 is 0 Å². The fourth-order valence-electron chi connectivity index (χ4n) is 3.11. The molecular formula is C18H18ClN9O2. The lowest BCUT2D eigenvalue weighted by Crippen LogP contribution is -2.04. The molecule has 0 unspecified atom stereocenters. The summed E-state index contributed by atoms with van der Waals surface area (Å²) in [5, 5.41) is 29.8. The number of nitrogens with zero attached hydrogens (tertiary/aromatic N) is 8. The molecule has 0 aliphatic heterocycles. The SMILES string of the molecule is CCCCc1nc(Cl)n(Cc2ccc(-n3ccc([N+](=O)[O-])c3-c3nn[nH]n3)cc2)n1. The average molecular weight is 428 g/mol. The van der Waals surface area contributed by atoms with Crippen LogP contribution in [0.25, 0.3) is 17.2 Å². The molecule has 4 rings (SSSR count). The molecule has 1 N–H and O–H groups in total. The maximum Gasteiger partial charge on any atom is 0.298 e. The van der Waals surface area contributed by atoms with Gasteiger partial charge < -0.3 is 4.57 Å². The molecule has 12 heteroatoms. The summed E-state index contributed by atoms with van der Waals surface area (Å²) in [6.45, 7) is 2.59. The van der Waals surface area contributed by atoms with Crippen LogP contribution < -0.4 is 0 Å². The number of halogens is 1. The highest BCUT2D eigenvalue weighted by Crippen LogP contribution is 2.31. The van der Waals surface area contributed by atoms with Crippen LogP contribution in [-0.4, -0.2) is 44.9 Å². The summed E-state index contributed by atoms with van der Waals surface area (Å²) in [6.07, 6.45) is 4.48. The minimum absolute atomic E-state index is 0.102. The summed E-state index contributed by atoms with van der Waals surface area (Å²) >= 11 is 6.21. The number of rotatable bonds is 8. The predicted octanol–water partition coefficient (Wildman–Crippen LogP) is 3.20. The minimum atomic E-state index is -0.473. The van der Waals surface area contributed by atoms with Crippen LogP contribution in [-0.2, 0) is 13.0 Å². The molecule has 0 saturated heterocycles. The number of aryl methyl sites for hydroxylation is 1. The van der Waals surface area contributed by atoms with Gasteiger partial charge in [0.05, 0.1) is 11.5 Å². The van der Waals surface area contributed by atoms with Crippen molar-refractivity contribution < 1.29 is 4.92 Å². The Morgan fingerprint density at radius 3 is 2.70 bits per heavy atom. The Balaban J connectivity index is 1.59. The van der Waals surface area contributed by atoms with E-state index in [1.54, 1.807) is 15.4 Å². The number of hydrogen-bond acceptors (Lipinski definition) is 7. The van der Waals surface area contributed by atoms with Gasteiger partial charge in [-0.1, -0.05) is 25.5 Å². The second-order valence-corrected chi connectivity index (χ2v) is 6.97. The number of aromatic amines is 1. The zero-order valence-corrected chi connectivity index (χ0v) is 16.8. The minimum Gasteiger partial charge on any atom is -0.308 e. The van der Waals surface area contributed by atoms with Crippen molar-refractivity contribution in [2.45, 2.75) is 32.7 Å². The molecule has 4 aromatic rings. The van der Waals surface area contributed by atoms with E-state index in [-0.39, 0.29) is 17.2 Å². The first-order valence-corrected chi connectivity index (χ1v) is 9.72. The molecule has 0 spiro atoms. The first-order chi connectivity index (χ1) is 14.6. The Hall–Kier alpha value is -3.60. The van der Waals surface area contributed by atoms with Crippen molar-refractivity contribution >= 4 is 17.3 Å². The molecule has 0 aliphatic rings. The van der Waals surface area contributed by atoms with Gasteiger partial charge in [0.1, 0.15) is 0 Å². The number of nitrogens with one attached hydrogen (secondary N) is 1. The molecule has 154 valence electrons. The van der Waals surface area contributed by atoms with Crippen LogP contribution in [0.5, 0.6) is 0 Å². The van der Waals surface area contributed by atoms with E-state index in [2.05, 4.69) is 37.6 Å². The maximum atomic E-state index is 11.4. The lowest BCUT2D eigenvalue weighted by atomic mass is 10.2. The largest absolute Gasteiger partial charge is 0.308 e. The van der Waals surface area contributed by atoms with Gasteiger partial charge in [-0.15, -0.1) is 10.2 Å². The van der Waals surface area contributed by atoms with E-state index in [9.17, 15) is 10.1 Å². The lowest BCUT2D eigenvalue weighted by Gasteiger charge is -2.08. The fraction of sp³-hybridized carbons (Fsp3) is 0.278. The molecule has 0 amide bonds. The summed E-state index contributed by atoms with van der Waals surface area (Å²) in [7, 11) is 0. The van der Waals surface area contributed by atoms with Gasteiger partial charge in [-0.25, -0.2) is 9.67 Å². The van der Waals surface area contributed by atoms with Crippen LogP contribution >= 0.6 is 11.6 Å². The predicted molar refractivity (Wildman–Crippen MR) is 108 cm³/mol. The smallest absolute Gasteiger partial charge is 0.298 e. The molecule has 1 aromatic carbocycles. The topological polar surface area (TPSA) is 133 Å². The molecule has 0 saturated carbocycles.